The lowest BCUT2D eigenvalue weighted by molar-refractivity contribution is -0.155. The summed E-state index contributed by atoms with van der Waals surface area (Å²) < 4.78 is 167. The van der Waals surface area contributed by atoms with E-state index < -0.39 is 42.5 Å². The summed E-state index contributed by atoms with van der Waals surface area (Å²) in [5.74, 6) is -2.66. The second-order valence-corrected chi connectivity index (χ2v) is 36.1. The van der Waals surface area contributed by atoms with Gasteiger partial charge in [-0.15, -0.1) is 0 Å². The minimum absolute atomic E-state index is 0.102. The van der Waals surface area contributed by atoms with Crippen LogP contribution < -0.4 is 27.4 Å². The first-order chi connectivity index (χ1) is 72.9. The maximum Gasteiger partial charge on any atom is 0.308 e. The third-order valence-electron chi connectivity index (χ3n) is 22.0. The molecule has 0 unspecified atom stereocenters. The van der Waals surface area contributed by atoms with Crippen molar-refractivity contribution in [1.29, 1.82) is 0 Å². The van der Waals surface area contributed by atoms with Gasteiger partial charge in [0.05, 0.1) is 408 Å². The molecular weight excluding hydrogens is 1960 g/mol. The maximum absolute atomic E-state index is 13.4. The number of primary amides is 1. The van der Waals surface area contributed by atoms with Gasteiger partial charge >= 0.3 is 11.9 Å². The van der Waals surface area contributed by atoms with Crippen LogP contribution in [0.1, 0.15) is 207 Å². The Morgan fingerprint density at radius 1 is 0.264 bits per heavy atom. The molecule has 0 aromatic rings. The van der Waals surface area contributed by atoms with Crippen LogP contribution in [0.15, 0.2) is 0 Å². The average Bonchev–Trinajstić information content (AvgIpc) is 0.906. The van der Waals surface area contributed by atoms with E-state index in [1.54, 1.807) is 0 Å². The minimum atomic E-state index is -1.22. The van der Waals surface area contributed by atoms with Gasteiger partial charge in [-0.25, -0.2) is 0 Å². The lowest BCUT2D eigenvalue weighted by atomic mass is 10.0. The number of aliphatic hydroxyl groups excluding tert-OH is 1. The Morgan fingerprint density at radius 2 is 0.486 bits per heavy atom. The molecule has 0 rings (SSSR count). The molecule has 0 heterocycles. The number of amides is 4. The highest BCUT2D eigenvalue weighted by Gasteiger charge is 2.26. The number of unbranched alkanes of at least 4 members (excludes halogenated alkanes) is 22. The zero-order valence-corrected chi connectivity index (χ0v) is 92.5. The highest BCUT2D eigenvalue weighted by Crippen LogP contribution is 2.21. The lowest BCUT2D eigenvalue weighted by Gasteiger charge is -2.22. The van der Waals surface area contributed by atoms with E-state index >= 15 is 0 Å². The third-order valence-corrected chi connectivity index (χ3v) is 23.2. The van der Waals surface area contributed by atoms with E-state index in [-0.39, 0.29) is 81.4 Å². The Hall–Kier alpha value is -4.03. The first kappa shape index (κ1) is 144. The third kappa shape index (κ3) is 115. The Kier molecular flexibility index (Phi) is 120. The van der Waals surface area contributed by atoms with Gasteiger partial charge in [0, 0.05) is 30.9 Å². The Bertz CT molecular complexity index is 2740. The molecule has 878 valence electrons. The number of aliphatic hydroxyl groups is 1. The number of nitrogens with two attached hydrogens (primary N) is 2. The van der Waals surface area contributed by atoms with Gasteiger partial charge in [-0.05, 0) is 12.8 Å². The number of esters is 2. The van der Waals surface area contributed by atoms with E-state index in [9.17, 15) is 33.9 Å². The minimum Gasteiger partial charge on any atom is -0.465 e. The van der Waals surface area contributed by atoms with E-state index in [1.807, 2.05) is 13.8 Å². The van der Waals surface area contributed by atoms with Gasteiger partial charge in [-0.1, -0.05) is 182 Å². The predicted molar refractivity (Wildman–Crippen MR) is 562 cm³/mol. The molecule has 0 aliphatic heterocycles. The first-order valence-corrected chi connectivity index (χ1v) is 56.6. The molecule has 0 saturated carbocycles. The van der Waals surface area contributed by atoms with Gasteiger partial charge in [0.15, 0.2) is 0 Å². The highest BCUT2D eigenvalue weighted by atomic mass is 32.2. The van der Waals surface area contributed by atoms with E-state index in [0.29, 0.717) is 362 Å². The van der Waals surface area contributed by atoms with Crippen LogP contribution in [-0.2, 0) is 171 Å². The number of thioether (sulfide) groups is 1. The van der Waals surface area contributed by atoms with E-state index in [0.717, 1.165) is 44.9 Å². The maximum atomic E-state index is 13.4. The smallest absolute Gasteiger partial charge is 0.308 e. The van der Waals surface area contributed by atoms with Gasteiger partial charge in [-0.2, -0.15) is 11.8 Å². The highest BCUT2D eigenvalue weighted by molar-refractivity contribution is 7.99. The van der Waals surface area contributed by atoms with Gasteiger partial charge in [0.1, 0.15) is 12.1 Å². The van der Waals surface area contributed by atoms with Crippen LogP contribution in [-0.4, -0.2) is 467 Å². The fraction of sp³-hybridized carbons (Fsp3) is 0.943. The second-order valence-electron chi connectivity index (χ2n) is 35.0. The van der Waals surface area contributed by atoms with Crippen LogP contribution in [0, 0.1) is 11.8 Å². The summed E-state index contributed by atoms with van der Waals surface area (Å²) in [5, 5.41) is 17.6. The number of carbonyl (C=O) groups excluding carboxylic acids is 6. The normalized spacial score (nSPS) is 12.7. The Labute approximate surface area is 891 Å². The number of hydrogen-bond donors (Lipinski definition) is 6. The second kappa shape index (κ2) is 123. The molecule has 0 fully saturated rings. The molecule has 0 radical (unpaired) electrons. The lowest BCUT2D eigenvalue weighted by Crippen LogP contribution is -2.54. The monoisotopic (exact) mass is 2160 g/mol. The summed E-state index contributed by atoms with van der Waals surface area (Å²) in [6.07, 6.45) is 31.4. The van der Waals surface area contributed by atoms with Crippen LogP contribution >= 0.6 is 11.8 Å². The molecular formula is C105H205N5O37S. The van der Waals surface area contributed by atoms with Gasteiger partial charge in [0.2, 0.25) is 23.6 Å². The van der Waals surface area contributed by atoms with Gasteiger partial charge in [-0.3, -0.25) is 28.8 Å². The number of nitrogens with one attached hydrogen (secondary N) is 3. The molecule has 148 heavy (non-hydrogen) atoms. The zero-order valence-electron chi connectivity index (χ0n) is 91.7. The molecule has 0 aliphatic rings. The van der Waals surface area contributed by atoms with Crippen molar-refractivity contribution in [2.75, 3.05) is 408 Å². The van der Waals surface area contributed by atoms with E-state index in [1.165, 1.54) is 134 Å². The predicted octanol–water partition coefficient (Wildman–Crippen LogP) is 8.40. The number of ether oxygens (including phenoxy) is 30. The van der Waals surface area contributed by atoms with Crippen LogP contribution in [0.4, 0.5) is 0 Å². The molecule has 0 saturated heterocycles. The molecule has 0 aliphatic carbocycles. The molecule has 43 heteroatoms. The molecule has 0 spiro atoms. The zero-order chi connectivity index (χ0) is 107. The topological polar surface area (TPSA) is 488 Å². The summed E-state index contributed by atoms with van der Waals surface area (Å²) in [6, 6.07) is -2.25. The largest absolute Gasteiger partial charge is 0.465 e. The SMILES string of the molecule is CCCCCCCCCCCCCC[C@@H](C)C(=O)OCC[C@H](CSC[C@H](N)C(=O)N[C@@H](CO)C(=O)NCCOCCOCCOCCOCCOCCOCCOCCOCCOCCOCCOCCOCCOCCOCCOCCOCCOCCOCCOCCOCCOCCOCCOCCOCCOCCOCCOCCOCCC(=O)NCC(N)=O)OC(=O)[C@H](C)CCCCCCCCCCCCCC. The number of hydrogen-bond acceptors (Lipinski definition) is 39. The molecule has 42 nitrogen and oxygen atoms in total. The van der Waals surface area contributed by atoms with Crippen LogP contribution in [0.2, 0.25) is 0 Å². The molecule has 0 aromatic carbocycles. The quantitative estimate of drug-likeness (QED) is 0.0246. The van der Waals surface area contributed by atoms with Crippen LogP contribution in [0.5, 0.6) is 0 Å². The molecule has 0 aromatic heterocycles. The van der Waals surface area contributed by atoms with Crippen LogP contribution in [0.25, 0.3) is 0 Å². The standard InChI is InChI=1S/C105H205N5O37S/c1-5-7-9-11-13-15-17-19-21-23-25-27-29-95(3)104(116)146-35-31-97(147-105(117)96(4)30-28-26-24-22-20-18-16-14-12-10-8-6-2)93-148-94-98(106)102(114)110-99(92-111)103(115)108-33-36-119-38-40-121-42-44-123-46-48-125-50-52-127-54-56-129-58-60-131-62-64-133-66-68-135-70-72-137-74-76-139-78-80-141-82-84-143-86-88-145-90-89-144-87-85-142-83-81-140-79-77-138-75-73-136-71-69-134-67-65-132-63-61-130-59-57-128-55-53-126-51-49-124-47-45-122-43-41-120-39-37-118-34-32-101(113)109-91-100(107)112/h95-99,111H,5-94,106H2,1-4H3,(H2,107,112)(H,108,115)(H,109,113)(H,110,114)/t95-,96-,97-,98+,99+/m1/s1. The van der Waals surface area contributed by atoms with E-state index in [2.05, 4.69) is 29.8 Å². The molecule has 5 atom stereocenters. The van der Waals surface area contributed by atoms with Crippen molar-refractivity contribution in [3.8, 4) is 0 Å². The summed E-state index contributed by atoms with van der Waals surface area (Å²) in [5.41, 5.74) is 11.3. The molecule has 4 amide bonds. The van der Waals surface area contributed by atoms with Crippen molar-refractivity contribution in [3.63, 3.8) is 0 Å². The van der Waals surface area contributed by atoms with Crippen molar-refractivity contribution in [1.82, 2.24) is 16.0 Å². The number of rotatable bonds is 129. The van der Waals surface area contributed by atoms with Gasteiger partial charge < -0.3 is 175 Å². The average molecular weight is 2160 g/mol. The molecule has 8 N–H and O–H groups in total. The van der Waals surface area contributed by atoms with Crippen molar-refractivity contribution < 1.29 is 176 Å². The number of carbonyl (C=O) groups is 6. The summed E-state index contributed by atoms with van der Waals surface area (Å²) >= 11 is 1.34. The van der Waals surface area contributed by atoms with Crippen molar-refractivity contribution in [2.45, 2.75) is 226 Å². The Morgan fingerprint density at radius 3 is 0.723 bits per heavy atom. The fourth-order valence-electron chi connectivity index (χ4n) is 13.4. The van der Waals surface area contributed by atoms with Gasteiger partial charge in [0.25, 0.3) is 0 Å². The fourth-order valence-corrected chi connectivity index (χ4v) is 14.5. The van der Waals surface area contributed by atoms with Crippen molar-refractivity contribution >= 4 is 47.3 Å². The van der Waals surface area contributed by atoms with Crippen LogP contribution in [0.3, 0.4) is 0 Å². The summed E-state index contributed by atoms with van der Waals surface area (Å²) in [4.78, 5) is 74.6. The Balaban J connectivity index is 3.60. The van der Waals surface area contributed by atoms with Crippen molar-refractivity contribution in [3.05, 3.63) is 0 Å². The summed E-state index contributed by atoms with van der Waals surface area (Å²) in [6.45, 7) is 32.0. The summed E-state index contributed by atoms with van der Waals surface area (Å²) in [7, 11) is 0. The molecule has 0 bridgehead atoms. The van der Waals surface area contributed by atoms with Crippen molar-refractivity contribution in [2.24, 2.45) is 23.3 Å². The van der Waals surface area contributed by atoms with E-state index in [4.69, 9.17) is 154 Å². The first-order valence-electron chi connectivity index (χ1n) is 55.5.